The van der Waals surface area contributed by atoms with Crippen molar-refractivity contribution in [2.24, 2.45) is 5.92 Å². The lowest BCUT2D eigenvalue weighted by molar-refractivity contribution is -0.128. The fraction of sp³-hybridized carbons (Fsp3) is 0.300. The summed E-state index contributed by atoms with van der Waals surface area (Å²) in [6.45, 7) is 1.82. The molecule has 0 radical (unpaired) electrons. The van der Waals surface area contributed by atoms with E-state index in [0.717, 1.165) is 5.56 Å². The molecule has 7 heteroatoms. The van der Waals surface area contributed by atoms with Crippen LogP contribution in [0.15, 0.2) is 42.5 Å². The minimum Gasteiger partial charge on any atom is -0.486 e. The Kier molecular flexibility index (Phi) is 4.90. The van der Waals surface area contributed by atoms with Crippen LogP contribution in [0.5, 0.6) is 11.5 Å². The van der Waals surface area contributed by atoms with Gasteiger partial charge in [0.25, 0.3) is 0 Å². The van der Waals surface area contributed by atoms with Gasteiger partial charge in [0.15, 0.2) is 11.5 Å². The van der Waals surface area contributed by atoms with E-state index in [9.17, 15) is 9.59 Å². The topological polar surface area (TPSA) is 67.9 Å². The predicted molar refractivity (Wildman–Crippen MR) is 101 cm³/mol. The van der Waals surface area contributed by atoms with E-state index in [-0.39, 0.29) is 18.2 Å². The Hall–Kier alpha value is -2.73. The van der Waals surface area contributed by atoms with Crippen molar-refractivity contribution in [2.75, 3.05) is 25.1 Å². The fourth-order valence-corrected chi connectivity index (χ4v) is 3.50. The summed E-state index contributed by atoms with van der Waals surface area (Å²) in [6, 6.07) is 13.0. The molecular weight excluding hydrogens is 368 g/mol. The summed E-state index contributed by atoms with van der Waals surface area (Å²) >= 11 is 6.25. The number of ether oxygens (including phenoxy) is 2. The molecule has 2 heterocycles. The normalized spacial score (nSPS) is 18.5. The van der Waals surface area contributed by atoms with Gasteiger partial charge in [0.2, 0.25) is 11.8 Å². The smallest absolute Gasteiger partial charge is 0.229 e. The minimum atomic E-state index is -0.412. The highest BCUT2D eigenvalue weighted by atomic mass is 35.5. The molecule has 0 spiro atoms. The number of nitrogens with zero attached hydrogens (tertiary/aromatic N) is 1. The average molecular weight is 387 g/mol. The van der Waals surface area contributed by atoms with Crippen molar-refractivity contribution < 1.29 is 19.1 Å². The molecule has 6 nitrogen and oxygen atoms in total. The summed E-state index contributed by atoms with van der Waals surface area (Å²) in [5.41, 5.74) is 1.50. The number of anilines is 1. The van der Waals surface area contributed by atoms with E-state index < -0.39 is 5.92 Å². The summed E-state index contributed by atoms with van der Waals surface area (Å²) < 4.78 is 11.0. The number of carbonyl (C=O) groups is 2. The molecule has 1 fully saturated rings. The van der Waals surface area contributed by atoms with Crippen molar-refractivity contribution >= 4 is 29.1 Å². The second-order valence-electron chi connectivity index (χ2n) is 6.63. The summed E-state index contributed by atoms with van der Waals surface area (Å²) in [5, 5.41) is 3.20. The first-order valence-electron chi connectivity index (χ1n) is 8.82. The molecule has 2 aromatic carbocycles. The molecule has 0 saturated carbocycles. The maximum atomic E-state index is 12.7. The van der Waals surface area contributed by atoms with E-state index in [4.69, 9.17) is 21.1 Å². The van der Waals surface area contributed by atoms with Crippen LogP contribution in [0.25, 0.3) is 0 Å². The number of rotatable bonds is 4. The molecule has 2 aliphatic rings. The first-order chi connectivity index (χ1) is 13.1. The van der Waals surface area contributed by atoms with Gasteiger partial charge in [-0.25, -0.2) is 0 Å². The fourth-order valence-electron chi connectivity index (χ4n) is 3.30. The monoisotopic (exact) mass is 386 g/mol. The quantitative estimate of drug-likeness (QED) is 0.876. The Morgan fingerprint density at radius 2 is 1.85 bits per heavy atom. The summed E-state index contributed by atoms with van der Waals surface area (Å²) in [5.74, 6) is 0.457. The maximum absolute atomic E-state index is 12.7. The Balaban J connectivity index is 1.42. The number of hydrogen-bond donors (Lipinski definition) is 1. The van der Waals surface area contributed by atoms with Crippen molar-refractivity contribution in [3.63, 3.8) is 0 Å². The molecule has 1 N–H and O–H groups in total. The largest absolute Gasteiger partial charge is 0.486 e. The van der Waals surface area contributed by atoms with Gasteiger partial charge < -0.3 is 19.7 Å². The van der Waals surface area contributed by atoms with Crippen molar-refractivity contribution in [1.82, 2.24) is 4.90 Å². The van der Waals surface area contributed by atoms with Gasteiger partial charge in [0.05, 0.1) is 16.6 Å². The highest BCUT2D eigenvalue weighted by Gasteiger charge is 2.34. The zero-order valence-corrected chi connectivity index (χ0v) is 15.4. The number of halogens is 1. The van der Waals surface area contributed by atoms with Gasteiger partial charge in [-0.3, -0.25) is 9.59 Å². The lowest BCUT2D eigenvalue weighted by atomic mass is 10.1. The van der Waals surface area contributed by atoms with Crippen LogP contribution in [0.3, 0.4) is 0 Å². The summed E-state index contributed by atoms with van der Waals surface area (Å²) in [6.07, 6.45) is 0.195. The van der Waals surface area contributed by atoms with Gasteiger partial charge in [0, 0.05) is 31.6 Å². The van der Waals surface area contributed by atoms with Crippen LogP contribution in [0.1, 0.15) is 12.0 Å². The summed E-state index contributed by atoms with van der Waals surface area (Å²) in [4.78, 5) is 26.7. The average Bonchev–Trinajstić information content (AvgIpc) is 3.04. The number of hydrogen-bond acceptors (Lipinski definition) is 4. The van der Waals surface area contributed by atoms with Crippen LogP contribution >= 0.6 is 11.6 Å². The molecule has 4 rings (SSSR count). The zero-order valence-electron chi connectivity index (χ0n) is 14.6. The highest BCUT2D eigenvalue weighted by Crippen LogP contribution is 2.38. The molecule has 2 amide bonds. The first kappa shape index (κ1) is 17.7. The van der Waals surface area contributed by atoms with Crippen LogP contribution in [0.4, 0.5) is 5.69 Å². The van der Waals surface area contributed by atoms with E-state index in [0.29, 0.717) is 48.5 Å². The van der Waals surface area contributed by atoms with Gasteiger partial charge in [-0.2, -0.15) is 0 Å². The molecule has 2 aromatic rings. The third kappa shape index (κ3) is 3.85. The number of nitrogens with one attached hydrogen (secondary N) is 1. The second-order valence-corrected chi connectivity index (χ2v) is 7.03. The van der Waals surface area contributed by atoms with Crippen molar-refractivity contribution in [2.45, 2.75) is 13.0 Å². The Morgan fingerprint density at radius 3 is 2.59 bits per heavy atom. The van der Waals surface area contributed by atoms with Gasteiger partial charge in [0.1, 0.15) is 13.2 Å². The molecule has 0 aromatic heterocycles. The van der Waals surface area contributed by atoms with Crippen LogP contribution in [0.2, 0.25) is 5.02 Å². The Labute approximate surface area is 162 Å². The number of amides is 2. The first-order valence-corrected chi connectivity index (χ1v) is 9.19. The molecule has 27 heavy (non-hydrogen) atoms. The maximum Gasteiger partial charge on any atom is 0.229 e. The zero-order chi connectivity index (χ0) is 18.8. The second kappa shape index (κ2) is 7.48. The molecule has 0 aliphatic carbocycles. The van der Waals surface area contributed by atoms with Crippen LogP contribution in [0, 0.1) is 5.92 Å². The molecule has 0 bridgehead atoms. The van der Waals surface area contributed by atoms with E-state index in [1.54, 1.807) is 17.0 Å². The third-order valence-electron chi connectivity index (χ3n) is 4.69. The number of carbonyl (C=O) groups excluding carboxylic acids is 2. The van der Waals surface area contributed by atoms with Gasteiger partial charge in [-0.05, 0) is 5.56 Å². The van der Waals surface area contributed by atoms with Gasteiger partial charge in [-0.15, -0.1) is 0 Å². The van der Waals surface area contributed by atoms with E-state index in [1.165, 1.54) is 0 Å². The van der Waals surface area contributed by atoms with Crippen molar-refractivity contribution in [3.8, 4) is 11.5 Å². The summed E-state index contributed by atoms with van der Waals surface area (Å²) in [7, 11) is 0. The van der Waals surface area contributed by atoms with E-state index >= 15 is 0 Å². The number of likely N-dealkylation sites (tertiary alicyclic amines) is 1. The number of benzene rings is 2. The van der Waals surface area contributed by atoms with Crippen LogP contribution in [-0.4, -0.2) is 36.5 Å². The molecule has 2 aliphatic heterocycles. The van der Waals surface area contributed by atoms with Crippen LogP contribution < -0.4 is 14.8 Å². The minimum absolute atomic E-state index is 0.0210. The molecular formula is C20H19ClN2O4. The van der Waals surface area contributed by atoms with Gasteiger partial charge >= 0.3 is 0 Å². The molecule has 1 unspecified atom stereocenters. The van der Waals surface area contributed by atoms with E-state index in [2.05, 4.69) is 5.32 Å². The lowest BCUT2D eigenvalue weighted by Crippen LogP contribution is -2.28. The van der Waals surface area contributed by atoms with Crippen molar-refractivity contribution in [3.05, 3.63) is 53.1 Å². The SMILES string of the molecule is O=C(Nc1cc2c(cc1Cl)OCCO2)C1CC(=O)N(Cc2ccccc2)C1. The Bertz CT molecular complexity index is 872. The van der Waals surface area contributed by atoms with Crippen molar-refractivity contribution in [1.29, 1.82) is 0 Å². The molecule has 1 saturated heterocycles. The lowest BCUT2D eigenvalue weighted by Gasteiger charge is -2.20. The third-order valence-corrected chi connectivity index (χ3v) is 5.00. The standard InChI is InChI=1S/C20H19ClN2O4/c21-15-9-17-18(27-7-6-26-17)10-16(15)22-20(25)14-8-19(24)23(12-14)11-13-4-2-1-3-5-13/h1-5,9-10,14H,6-8,11-12H2,(H,22,25). The highest BCUT2D eigenvalue weighted by molar-refractivity contribution is 6.34. The molecule has 1 atom stereocenters. The predicted octanol–water partition coefficient (Wildman–Crippen LogP) is 3.10. The van der Waals surface area contributed by atoms with Gasteiger partial charge in [-0.1, -0.05) is 41.9 Å². The number of fused-ring (bicyclic) bond motifs is 1. The Morgan fingerprint density at radius 1 is 1.15 bits per heavy atom. The van der Waals surface area contributed by atoms with Crippen LogP contribution in [-0.2, 0) is 16.1 Å². The molecule has 140 valence electrons. The van der Waals surface area contributed by atoms with E-state index in [1.807, 2.05) is 30.3 Å².